The SMILES string of the molecule is Cc1ccc(CN2C(=O)C(Sc3ccccc3)=C(c3ccc(Cl)cc3)C2=O)cc1. The molecule has 0 fully saturated rings. The zero-order valence-electron chi connectivity index (χ0n) is 15.8. The van der Waals surface area contributed by atoms with E-state index in [1.807, 2.05) is 61.5 Å². The van der Waals surface area contributed by atoms with Crippen molar-refractivity contribution in [3.63, 3.8) is 0 Å². The molecule has 0 saturated heterocycles. The van der Waals surface area contributed by atoms with Gasteiger partial charge in [-0.05, 0) is 42.3 Å². The number of hydrogen-bond donors (Lipinski definition) is 0. The van der Waals surface area contributed by atoms with Crippen molar-refractivity contribution < 1.29 is 9.59 Å². The Hall–Kier alpha value is -2.82. The molecular formula is C24H18ClNO2S. The standard InChI is InChI=1S/C24H18ClNO2S/c1-16-7-9-17(10-8-16)15-26-23(27)21(18-11-13-19(25)14-12-18)22(24(26)28)29-20-5-3-2-4-6-20/h2-14H,15H2,1H3. The lowest BCUT2D eigenvalue weighted by molar-refractivity contribution is -0.137. The van der Waals surface area contributed by atoms with E-state index in [1.54, 1.807) is 24.3 Å². The molecule has 3 aromatic rings. The van der Waals surface area contributed by atoms with Gasteiger partial charge in [-0.15, -0.1) is 0 Å². The monoisotopic (exact) mass is 419 g/mol. The zero-order chi connectivity index (χ0) is 20.4. The molecule has 144 valence electrons. The minimum absolute atomic E-state index is 0.244. The summed E-state index contributed by atoms with van der Waals surface area (Å²) in [6.45, 7) is 2.25. The highest BCUT2D eigenvalue weighted by Crippen LogP contribution is 2.40. The third-order valence-electron chi connectivity index (χ3n) is 4.68. The van der Waals surface area contributed by atoms with Crippen molar-refractivity contribution in [3.05, 3.63) is 105 Å². The first kappa shape index (κ1) is 19.5. The number of benzene rings is 3. The summed E-state index contributed by atoms with van der Waals surface area (Å²) in [6, 6.07) is 24.5. The van der Waals surface area contributed by atoms with Gasteiger partial charge in [0.25, 0.3) is 11.8 Å². The molecule has 0 atom stereocenters. The molecule has 0 spiro atoms. The van der Waals surface area contributed by atoms with Gasteiger partial charge in [-0.25, -0.2) is 0 Å². The molecule has 5 heteroatoms. The van der Waals surface area contributed by atoms with Gasteiger partial charge in [0.2, 0.25) is 0 Å². The van der Waals surface area contributed by atoms with Crippen molar-refractivity contribution in [1.29, 1.82) is 0 Å². The summed E-state index contributed by atoms with van der Waals surface area (Å²) in [5.74, 6) is -0.550. The lowest BCUT2D eigenvalue weighted by Crippen LogP contribution is -2.30. The van der Waals surface area contributed by atoms with Gasteiger partial charge in [0.15, 0.2) is 0 Å². The lowest BCUT2D eigenvalue weighted by Gasteiger charge is -2.15. The van der Waals surface area contributed by atoms with Crippen LogP contribution in [0.5, 0.6) is 0 Å². The van der Waals surface area contributed by atoms with E-state index in [4.69, 9.17) is 11.6 Å². The molecule has 1 aliphatic heterocycles. The van der Waals surface area contributed by atoms with Gasteiger partial charge < -0.3 is 0 Å². The molecule has 4 rings (SSSR count). The molecule has 0 aliphatic carbocycles. The van der Waals surface area contributed by atoms with Gasteiger partial charge in [0, 0.05) is 9.92 Å². The van der Waals surface area contributed by atoms with Gasteiger partial charge >= 0.3 is 0 Å². The maximum Gasteiger partial charge on any atom is 0.268 e. The molecule has 0 bridgehead atoms. The predicted molar refractivity (Wildman–Crippen MR) is 117 cm³/mol. The van der Waals surface area contributed by atoms with Crippen LogP contribution >= 0.6 is 23.4 Å². The van der Waals surface area contributed by atoms with Crippen molar-refractivity contribution in [2.45, 2.75) is 18.4 Å². The van der Waals surface area contributed by atoms with Crippen molar-refractivity contribution in [2.24, 2.45) is 0 Å². The first-order valence-electron chi connectivity index (χ1n) is 9.18. The summed E-state index contributed by atoms with van der Waals surface area (Å²) in [7, 11) is 0. The highest BCUT2D eigenvalue weighted by atomic mass is 35.5. The number of amides is 2. The van der Waals surface area contributed by atoms with Crippen LogP contribution in [0.25, 0.3) is 5.57 Å². The number of halogens is 1. The topological polar surface area (TPSA) is 37.4 Å². The minimum Gasteiger partial charge on any atom is -0.269 e. The summed E-state index contributed by atoms with van der Waals surface area (Å²) >= 11 is 7.34. The number of rotatable bonds is 5. The number of aryl methyl sites for hydroxylation is 1. The van der Waals surface area contributed by atoms with E-state index in [9.17, 15) is 9.59 Å². The zero-order valence-corrected chi connectivity index (χ0v) is 17.3. The van der Waals surface area contributed by atoms with Crippen LogP contribution in [0.3, 0.4) is 0 Å². The van der Waals surface area contributed by atoms with E-state index in [-0.39, 0.29) is 18.4 Å². The Morgan fingerprint density at radius 1 is 0.828 bits per heavy atom. The first-order chi connectivity index (χ1) is 14.0. The predicted octanol–water partition coefficient (Wildman–Crippen LogP) is 5.72. The molecule has 29 heavy (non-hydrogen) atoms. The molecule has 3 aromatic carbocycles. The Labute approximate surface area is 179 Å². The molecule has 0 aromatic heterocycles. The third kappa shape index (κ3) is 4.14. The van der Waals surface area contributed by atoms with Crippen LogP contribution in [0.1, 0.15) is 16.7 Å². The summed E-state index contributed by atoms with van der Waals surface area (Å²) in [6.07, 6.45) is 0. The van der Waals surface area contributed by atoms with Crippen LogP contribution in [0, 0.1) is 6.92 Å². The number of hydrogen-bond acceptors (Lipinski definition) is 3. The second-order valence-corrected chi connectivity index (χ2v) is 8.33. The molecule has 0 radical (unpaired) electrons. The van der Waals surface area contributed by atoms with Crippen LogP contribution < -0.4 is 0 Å². The molecule has 0 saturated carbocycles. The van der Waals surface area contributed by atoms with E-state index >= 15 is 0 Å². The molecular weight excluding hydrogens is 402 g/mol. The molecule has 0 N–H and O–H groups in total. The summed E-state index contributed by atoms with van der Waals surface area (Å²) < 4.78 is 0. The number of carbonyl (C=O) groups is 2. The van der Waals surface area contributed by atoms with E-state index in [0.717, 1.165) is 16.0 Å². The Bertz CT molecular complexity index is 1090. The Kier molecular flexibility index (Phi) is 5.56. The largest absolute Gasteiger partial charge is 0.269 e. The van der Waals surface area contributed by atoms with E-state index in [2.05, 4.69) is 0 Å². The van der Waals surface area contributed by atoms with E-state index in [1.165, 1.54) is 16.7 Å². The number of thioether (sulfide) groups is 1. The van der Waals surface area contributed by atoms with Crippen LogP contribution in [0.2, 0.25) is 5.02 Å². The van der Waals surface area contributed by atoms with E-state index in [0.29, 0.717) is 21.1 Å². The smallest absolute Gasteiger partial charge is 0.268 e. The van der Waals surface area contributed by atoms with Gasteiger partial charge in [-0.1, -0.05) is 83.5 Å². The van der Waals surface area contributed by atoms with Gasteiger partial charge in [0.05, 0.1) is 17.0 Å². The van der Waals surface area contributed by atoms with E-state index < -0.39 is 0 Å². The average Bonchev–Trinajstić information content (AvgIpc) is 2.95. The molecule has 2 amide bonds. The minimum atomic E-state index is -0.281. The maximum absolute atomic E-state index is 13.3. The number of nitrogens with zero attached hydrogens (tertiary/aromatic N) is 1. The fourth-order valence-corrected chi connectivity index (χ4v) is 4.31. The van der Waals surface area contributed by atoms with Crippen molar-refractivity contribution in [1.82, 2.24) is 4.90 Å². The Morgan fingerprint density at radius 3 is 2.14 bits per heavy atom. The maximum atomic E-state index is 13.3. The van der Waals surface area contributed by atoms with Crippen LogP contribution in [-0.4, -0.2) is 16.7 Å². The Morgan fingerprint density at radius 2 is 1.48 bits per heavy atom. The number of carbonyl (C=O) groups excluding carboxylic acids is 2. The molecule has 0 unspecified atom stereocenters. The van der Waals surface area contributed by atoms with Gasteiger partial charge in [0.1, 0.15) is 0 Å². The second-order valence-electron chi connectivity index (χ2n) is 6.81. The average molecular weight is 420 g/mol. The fourth-order valence-electron chi connectivity index (χ4n) is 3.15. The van der Waals surface area contributed by atoms with Crippen molar-refractivity contribution >= 4 is 40.8 Å². The molecule has 1 aliphatic rings. The second kappa shape index (κ2) is 8.27. The van der Waals surface area contributed by atoms with Crippen LogP contribution in [0.15, 0.2) is 88.7 Å². The fraction of sp³-hybridized carbons (Fsp3) is 0.0833. The number of imide groups is 1. The normalized spacial score (nSPS) is 14.1. The quantitative estimate of drug-likeness (QED) is 0.496. The lowest BCUT2D eigenvalue weighted by atomic mass is 10.1. The van der Waals surface area contributed by atoms with Crippen molar-refractivity contribution in [3.8, 4) is 0 Å². The summed E-state index contributed by atoms with van der Waals surface area (Å²) in [5.41, 5.74) is 3.16. The molecule has 1 heterocycles. The van der Waals surface area contributed by atoms with Crippen molar-refractivity contribution in [2.75, 3.05) is 0 Å². The molecule has 3 nitrogen and oxygen atoms in total. The highest BCUT2D eigenvalue weighted by Gasteiger charge is 2.39. The summed E-state index contributed by atoms with van der Waals surface area (Å²) in [4.78, 5) is 29.2. The van der Waals surface area contributed by atoms with Crippen LogP contribution in [-0.2, 0) is 16.1 Å². The summed E-state index contributed by atoms with van der Waals surface area (Å²) in [5, 5.41) is 0.583. The third-order valence-corrected chi connectivity index (χ3v) is 6.03. The highest BCUT2D eigenvalue weighted by molar-refractivity contribution is 8.04. The van der Waals surface area contributed by atoms with Crippen LogP contribution in [0.4, 0.5) is 0 Å². The van der Waals surface area contributed by atoms with Gasteiger partial charge in [-0.3, -0.25) is 14.5 Å². The van der Waals surface area contributed by atoms with Gasteiger partial charge in [-0.2, -0.15) is 0 Å². The Balaban J connectivity index is 1.72. The first-order valence-corrected chi connectivity index (χ1v) is 10.4.